The van der Waals surface area contributed by atoms with Crippen LogP contribution < -0.4 is 5.73 Å². The molecule has 0 saturated heterocycles. The van der Waals surface area contributed by atoms with Gasteiger partial charge in [-0.15, -0.1) is 0 Å². The van der Waals surface area contributed by atoms with Crippen LogP contribution in [0, 0.1) is 0 Å². The van der Waals surface area contributed by atoms with Crippen molar-refractivity contribution in [1.82, 2.24) is 14.5 Å². The second-order valence-electron chi connectivity index (χ2n) is 3.51. The van der Waals surface area contributed by atoms with Gasteiger partial charge in [0.2, 0.25) is 0 Å². The van der Waals surface area contributed by atoms with Crippen molar-refractivity contribution in [3.8, 4) is 0 Å². The number of aliphatic hydroxyl groups is 1. The molecule has 0 bridgehead atoms. The lowest BCUT2D eigenvalue weighted by molar-refractivity contribution is 0.274. The van der Waals surface area contributed by atoms with Crippen LogP contribution in [0.4, 0.5) is 0 Å². The van der Waals surface area contributed by atoms with Crippen molar-refractivity contribution < 1.29 is 5.11 Å². The molecule has 80 valence electrons. The Hall–Kier alpha value is -1.46. The fraction of sp³-hybridized carbons (Fsp3) is 0.400. The maximum absolute atomic E-state index is 8.83. The molecule has 1 atom stereocenters. The molecule has 0 saturated carbocycles. The van der Waals surface area contributed by atoms with Crippen molar-refractivity contribution in [2.75, 3.05) is 6.61 Å². The van der Waals surface area contributed by atoms with Crippen LogP contribution in [0.15, 0.2) is 18.5 Å². The molecule has 0 aromatic carbocycles. The molecule has 2 heterocycles. The minimum absolute atomic E-state index is 0.0720. The van der Waals surface area contributed by atoms with E-state index in [1.54, 1.807) is 12.4 Å². The predicted octanol–water partition coefficient (Wildman–Crippen LogP) is 0.350. The number of nitrogens with zero attached hydrogens (tertiary/aromatic N) is 3. The number of imidazole rings is 1. The second kappa shape index (κ2) is 3.96. The first-order valence-corrected chi connectivity index (χ1v) is 4.87. The van der Waals surface area contributed by atoms with Crippen molar-refractivity contribution in [3.05, 3.63) is 24.3 Å². The highest BCUT2D eigenvalue weighted by Gasteiger charge is 2.13. The maximum atomic E-state index is 8.83. The fourth-order valence-corrected chi connectivity index (χ4v) is 1.67. The smallest absolute Gasteiger partial charge is 0.126 e. The molecule has 0 amide bonds. The molecule has 5 nitrogen and oxygen atoms in total. The Morgan fingerprint density at radius 1 is 1.60 bits per heavy atom. The topological polar surface area (TPSA) is 77.0 Å². The molecule has 0 radical (unpaired) electrons. The van der Waals surface area contributed by atoms with Crippen molar-refractivity contribution in [2.45, 2.75) is 12.5 Å². The van der Waals surface area contributed by atoms with E-state index < -0.39 is 0 Å². The first-order valence-electron chi connectivity index (χ1n) is 4.87. The van der Waals surface area contributed by atoms with Gasteiger partial charge in [0.05, 0.1) is 17.8 Å². The number of aliphatic hydroxyl groups excluding tert-OH is 1. The lowest BCUT2D eigenvalue weighted by Crippen LogP contribution is -2.16. The quantitative estimate of drug-likeness (QED) is 0.759. The second-order valence-corrected chi connectivity index (χ2v) is 3.51. The van der Waals surface area contributed by atoms with Gasteiger partial charge in [0.15, 0.2) is 0 Å². The summed E-state index contributed by atoms with van der Waals surface area (Å²) in [5.74, 6) is 0.784. The highest BCUT2D eigenvalue weighted by Crippen LogP contribution is 2.18. The van der Waals surface area contributed by atoms with Gasteiger partial charge in [-0.25, -0.2) is 4.98 Å². The Labute approximate surface area is 87.6 Å². The van der Waals surface area contributed by atoms with Gasteiger partial charge in [-0.05, 0) is 12.5 Å². The molecule has 1 unspecified atom stereocenters. The van der Waals surface area contributed by atoms with Gasteiger partial charge in [-0.2, -0.15) is 0 Å². The molecule has 2 aromatic rings. The third-order valence-electron chi connectivity index (χ3n) is 2.49. The molecule has 0 fully saturated rings. The molecule has 2 aromatic heterocycles. The summed E-state index contributed by atoms with van der Waals surface area (Å²) in [7, 11) is 1.92. The minimum Gasteiger partial charge on any atom is -0.396 e. The van der Waals surface area contributed by atoms with Crippen molar-refractivity contribution in [3.63, 3.8) is 0 Å². The van der Waals surface area contributed by atoms with Gasteiger partial charge in [0.1, 0.15) is 11.3 Å². The zero-order valence-electron chi connectivity index (χ0n) is 8.59. The van der Waals surface area contributed by atoms with Gasteiger partial charge in [-0.1, -0.05) is 0 Å². The van der Waals surface area contributed by atoms with Crippen LogP contribution in [0.5, 0.6) is 0 Å². The number of rotatable bonds is 3. The van der Waals surface area contributed by atoms with E-state index in [2.05, 4.69) is 9.97 Å². The lowest BCUT2D eigenvalue weighted by atomic mass is 10.2. The van der Waals surface area contributed by atoms with Crippen LogP contribution in [-0.4, -0.2) is 26.2 Å². The first kappa shape index (κ1) is 10.1. The summed E-state index contributed by atoms with van der Waals surface area (Å²) in [6.45, 7) is 0.0720. The third kappa shape index (κ3) is 1.71. The van der Waals surface area contributed by atoms with E-state index in [0.29, 0.717) is 6.42 Å². The highest BCUT2D eigenvalue weighted by atomic mass is 16.3. The fourth-order valence-electron chi connectivity index (χ4n) is 1.67. The molecular formula is C10H14N4O. The van der Waals surface area contributed by atoms with Gasteiger partial charge in [-0.3, -0.25) is 4.98 Å². The van der Waals surface area contributed by atoms with E-state index in [-0.39, 0.29) is 12.6 Å². The molecule has 0 aliphatic heterocycles. The molecular weight excluding hydrogens is 192 g/mol. The first-order chi connectivity index (χ1) is 7.24. The van der Waals surface area contributed by atoms with Gasteiger partial charge >= 0.3 is 0 Å². The number of aromatic nitrogens is 3. The summed E-state index contributed by atoms with van der Waals surface area (Å²) in [5.41, 5.74) is 7.75. The Bertz CT molecular complexity index is 465. The number of nitrogens with two attached hydrogens (primary N) is 1. The molecule has 5 heteroatoms. The number of aryl methyl sites for hydroxylation is 1. The summed E-state index contributed by atoms with van der Waals surface area (Å²) in [4.78, 5) is 8.40. The van der Waals surface area contributed by atoms with Crippen molar-refractivity contribution >= 4 is 11.0 Å². The van der Waals surface area contributed by atoms with Crippen LogP contribution >= 0.6 is 0 Å². The normalized spacial score (nSPS) is 13.3. The average molecular weight is 206 g/mol. The van der Waals surface area contributed by atoms with Crippen LogP contribution in [0.2, 0.25) is 0 Å². The molecule has 0 spiro atoms. The van der Waals surface area contributed by atoms with E-state index in [0.717, 1.165) is 16.9 Å². The zero-order chi connectivity index (χ0) is 10.8. The summed E-state index contributed by atoms with van der Waals surface area (Å²) in [6.07, 6.45) is 3.96. The van der Waals surface area contributed by atoms with E-state index >= 15 is 0 Å². The summed E-state index contributed by atoms with van der Waals surface area (Å²) in [6, 6.07) is 1.67. The molecule has 0 aliphatic carbocycles. The standard InChI is InChI=1S/C10H14N4O/c1-14-9-2-4-12-6-8(9)13-10(14)7(11)3-5-15/h2,4,6-7,15H,3,5,11H2,1H3. The van der Waals surface area contributed by atoms with Crippen LogP contribution in [0.25, 0.3) is 11.0 Å². The minimum atomic E-state index is -0.229. The van der Waals surface area contributed by atoms with Gasteiger partial charge in [0.25, 0.3) is 0 Å². The SMILES string of the molecule is Cn1c(C(N)CCO)nc2cnccc21. The monoisotopic (exact) mass is 206 g/mol. The zero-order valence-corrected chi connectivity index (χ0v) is 8.59. The predicted molar refractivity (Wildman–Crippen MR) is 57.1 cm³/mol. The number of hydrogen-bond donors (Lipinski definition) is 2. The Balaban J connectivity index is 2.48. The van der Waals surface area contributed by atoms with E-state index in [4.69, 9.17) is 10.8 Å². The van der Waals surface area contributed by atoms with E-state index in [9.17, 15) is 0 Å². The van der Waals surface area contributed by atoms with Crippen LogP contribution in [0.3, 0.4) is 0 Å². The lowest BCUT2D eigenvalue weighted by Gasteiger charge is -2.09. The number of pyridine rings is 1. The highest BCUT2D eigenvalue weighted by molar-refractivity contribution is 5.74. The van der Waals surface area contributed by atoms with Crippen molar-refractivity contribution in [2.24, 2.45) is 12.8 Å². The van der Waals surface area contributed by atoms with E-state index in [1.165, 1.54) is 0 Å². The van der Waals surface area contributed by atoms with Gasteiger partial charge < -0.3 is 15.4 Å². The van der Waals surface area contributed by atoms with E-state index in [1.807, 2.05) is 17.7 Å². The van der Waals surface area contributed by atoms with Crippen LogP contribution in [-0.2, 0) is 7.05 Å². The van der Waals surface area contributed by atoms with Gasteiger partial charge in [0, 0.05) is 19.9 Å². The average Bonchev–Trinajstić information content (AvgIpc) is 2.57. The van der Waals surface area contributed by atoms with Crippen molar-refractivity contribution in [1.29, 1.82) is 0 Å². The Morgan fingerprint density at radius 2 is 2.40 bits per heavy atom. The Morgan fingerprint density at radius 3 is 3.07 bits per heavy atom. The number of fused-ring (bicyclic) bond motifs is 1. The summed E-state index contributed by atoms with van der Waals surface area (Å²) < 4.78 is 1.94. The summed E-state index contributed by atoms with van der Waals surface area (Å²) >= 11 is 0. The maximum Gasteiger partial charge on any atom is 0.126 e. The Kier molecular flexibility index (Phi) is 2.66. The molecule has 2 rings (SSSR count). The third-order valence-corrected chi connectivity index (χ3v) is 2.49. The van der Waals surface area contributed by atoms with Crippen LogP contribution in [0.1, 0.15) is 18.3 Å². The molecule has 0 aliphatic rings. The number of hydrogen-bond acceptors (Lipinski definition) is 4. The molecule has 3 N–H and O–H groups in total. The molecule has 15 heavy (non-hydrogen) atoms. The summed E-state index contributed by atoms with van der Waals surface area (Å²) in [5, 5.41) is 8.83. The largest absolute Gasteiger partial charge is 0.396 e.